The Morgan fingerprint density at radius 3 is 2.83 bits per heavy atom. The number of rotatable bonds is 6. The summed E-state index contributed by atoms with van der Waals surface area (Å²) in [5, 5.41) is 10.7. The van der Waals surface area contributed by atoms with Crippen molar-refractivity contribution >= 4 is 57.4 Å². The Hall–Kier alpha value is -2.69. The molecule has 0 fully saturated rings. The highest BCUT2D eigenvalue weighted by molar-refractivity contribution is 7.98. The molecule has 0 saturated heterocycles. The molecule has 0 aliphatic carbocycles. The first-order chi connectivity index (χ1) is 14.1. The van der Waals surface area contributed by atoms with E-state index in [4.69, 9.17) is 16.3 Å². The Labute approximate surface area is 179 Å². The maximum Gasteiger partial charge on any atom is 0.343 e. The van der Waals surface area contributed by atoms with Gasteiger partial charge in [-0.1, -0.05) is 35.5 Å². The molecule has 1 N–H and O–H groups in total. The van der Waals surface area contributed by atoms with E-state index in [0.29, 0.717) is 26.9 Å². The van der Waals surface area contributed by atoms with Crippen LogP contribution in [0.4, 0.5) is 11.8 Å². The van der Waals surface area contributed by atoms with E-state index in [9.17, 15) is 4.79 Å². The number of hydrogen-bond donors (Lipinski definition) is 1. The number of fused-ring (bicyclic) bond motifs is 1. The van der Waals surface area contributed by atoms with Crippen LogP contribution in [0.3, 0.4) is 0 Å². The normalized spacial score (nSPS) is 11.0. The predicted octanol–water partition coefficient (Wildman–Crippen LogP) is 4.54. The fourth-order valence-corrected chi connectivity index (χ4v) is 3.87. The van der Waals surface area contributed by atoms with Crippen molar-refractivity contribution in [2.75, 3.05) is 18.2 Å². The average molecular weight is 447 g/mol. The molecule has 148 valence electrons. The molecule has 0 amide bonds. The van der Waals surface area contributed by atoms with E-state index >= 15 is 0 Å². The van der Waals surface area contributed by atoms with E-state index < -0.39 is 5.97 Å². The molecule has 8 nitrogen and oxygen atoms in total. The summed E-state index contributed by atoms with van der Waals surface area (Å²) in [6.45, 7) is 2.00. The fraction of sp³-hybridized carbons (Fsp3) is 0.167. The van der Waals surface area contributed by atoms with Crippen LogP contribution in [-0.2, 0) is 4.74 Å². The topological polar surface area (TPSA) is 94.3 Å². The third-order valence-electron chi connectivity index (χ3n) is 3.90. The number of carbonyl (C=O) groups is 1. The van der Waals surface area contributed by atoms with Crippen LogP contribution in [-0.4, -0.2) is 43.4 Å². The van der Waals surface area contributed by atoms with Crippen molar-refractivity contribution in [3.63, 3.8) is 0 Å². The summed E-state index contributed by atoms with van der Waals surface area (Å²) in [4.78, 5) is 26.0. The summed E-state index contributed by atoms with van der Waals surface area (Å²) in [5.41, 5.74) is 2.08. The van der Waals surface area contributed by atoms with Gasteiger partial charge in [0.15, 0.2) is 11.0 Å². The van der Waals surface area contributed by atoms with Gasteiger partial charge in [0, 0.05) is 22.2 Å². The van der Waals surface area contributed by atoms with Gasteiger partial charge in [0.2, 0.25) is 10.9 Å². The lowest BCUT2D eigenvalue weighted by Crippen LogP contribution is -2.11. The van der Waals surface area contributed by atoms with Crippen molar-refractivity contribution < 1.29 is 9.53 Å². The largest absolute Gasteiger partial charge is 0.462 e. The van der Waals surface area contributed by atoms with Crippen LogP contribution in [0.25, 0.3) is 16.2 Å². The molecule has 0 atom stereocenters. The number of nitrogens with one attached hydrogen (secondary N) is 1. The van der Waals surface area contributed by atoms with Crippen LogP contribution < -0.4 is 5.32 Å². The van der Waals surface area contributed by atoms with Gasteiger partial charge in [-0.15, -0.1) is 16.4 Å². The summed E-state index contributed by atoms with van der Waals surface area (Å²) >= 11 is 8.80. The SMILES string of the molecule is CCOC(=O)c1cnc(SC)nc1Nc1nc2scc(-c3ccc(Cl)cc3)n2n1. The van der Waals surface area contributed by atoms with Gasteiger partial charge in [-0.3, -0.25) is 0 Å². The fourth-order valence-electron chi connectivity index (χ4n) is 2.58. The smallest absolute Gasteiger partial charge is 0.343 e. The maximum atomic E-state index is 12.2. The molecule has 4 rings (SSSR count). The zero-order chi connectivity index (χ0) is 20.4. The molecule has 3 heterocycles. The molecular weight excluding hydrogens is 432 g/mol. The van der Waals surface area contributed by atoms with Gasteiger partial charge < -0.3 is 10.1 Å². The van der Waals surface area contributed by atoms with Crippen LogP contribution in [0.1, 0.15) is 17.3 Å². The van der Waals surface area contributed by atoms with Crippen LogP contribution >= 0.6 is 34.7 Å². The standard InChI is InChI=1S/C18H15ClN6O2S2/c1-3-27-15(26)12-8-20-17(28-2)22-14(12)21-16-23-18-25(24-16)13(9-29-18)10-4-6-11(19)7-5-10/h4-9H,3H2,1-2H3,(H,20,21,22,24). The second-order valence-electron chi connectivity index (χ2n) is 5.72. The second kappa shape index (κ2) is 8.36. The molecule has 0 radical (unpaired) electrons. The van der Waals surface area contributed by atoms with Gasteiger partial charge in [-0.25, -0.2) is 19.3 Å². The number of thioether (sulfide) groups is 1. The lowest BCUT2D eigenvalue weighted by Gasteiger charge is -2.08. The minimum absolute atomic E-state index is 0.223. The first-order valence-corrected chi connectivity index (χ1v) is 11.0. The Morgan fingerprint density at radius 2 is 2.10 bits per heavy atom. The number of nitrogens with zero attached hydrogens (tertiary/aromatic N) is 5. The van der Waals surface area contributed by atoms with Crippen molar-refractivity contribution in [2.45, 2.75) is 12.1 Å². The quantitative estimate of drug-likeness (QED) is 0.262. The van der Waals surface area contributed by atoms with E-state index in [2.05, 4.69) is 25.4 Å². The van der Waals surface area contributed by atoms with Gasteiger partial charge in [-0.05, 0) is 25.3 Å². The maximum absolute atomic E-state index is 12.2. The Morgan fingerprint density at radius 1 is 1.31 bits per heavy atom. The molecule has 0 aliphatic rings. The Balaban J connectivity index is 1.70. The van der Waals surface area contributed by atoms with Gasteiger partial charge in [-0.2, -0.15) is 4.98 Å². The van der Waals surface area contributed by atoms with E-state index in [1.807, 2.05) is 35.9 Å². The number of aromatic nitrogens is 5. The third kappa shape index (κ3) is 4.04. The number of carbonyl (C=O) groups excluding carboxylic acids is 1. The number of halogens is 1. The number of anilines is 2. The van der Waals surface area contributed by atoms with Gasteiger partial charge in [0.1, 0.15) is 5.56 Å². The Kier molecular flexibility index (Phi) is 5.65. The summed E-state index contributed by atoms with van der Waals surface area (Å²) in [6.07, 6.45) is 3.29. The zero-order valence-corrected chi connectivity index (χ0v) is 17.8. The second-order valence-corrected chi connectivity index (χ2v) is 7.77. The zero-order valence-electron chi connectivity index (χ0n) is 15.4. The van der Waals surface area contributed by atoms with Crippen LogP contribution in [0.2, 0.25) is 5.02 Å². The van der Waals surface area contributed by atoms with E-state index in [0.717, 1.165) is 11.3 Å². The minimum Gasteiger partial charge on any atom is -0.462 e. The van der Waals surface area contributed by atoms with Crippen LogP contribution in [0, 0.1) is 0 Å². The molecule has 0 bridgehead atoms. The highest BCUT2D eigenvalue weighted by atomic mass is 35.5. The molecule has 0 saturated carbocycles. The van der Waals surface area contributed by atoms with E-state index in [1.165, 1.54) is 29.3 Å². The highest BCUT2D eigenvalue weighted by Crippen LogP contribution is 2.28. The van der Waals surface area contributed by atoms with Crippen molar-refractivity contribution in [2.24, 2.45) is 0 Å². The van der Waals surface area contributed by atoms with Gasteiger partial charge in [0.05, 0.1) is 12.3 Å². The van der Waals surface area contributed by atoms with Crippen molar-refractivity contribution in [1.29, 1.82) is 0 Å². The molecule has 0 unspecified atom stereocenters. The average Bonchev–Trinajstić information content (AvgIpc) is 3.29. The number of benzene rings is 1. The van der Waals surface area contributed by atoms with E-state index in [-0.39, 0.29) is 12.2 Å². The van der Waals surface area contributed by atoms with Crippen molar-refractivity contribution in [1.82, 2.24) is 24.6 Å². The number of hydrogen-bond acceptors (Lipinski definition) is 9. The summed E-state index contributed by atoms with van der Waals surface area (Å²) in [7, 11) is 0. The monoisotopic (exact) mass is 446 g/mol. The molecule has 29 heavy (non-hydrogen) atoms. The Bertz CT molecular complexity index is 1180. The summed E-state index contributed by atoms with van der Waals surface area (Å²) < 4.78 is 6.82. The first kappa shape index (κ1) is 19.6. The van der Waals surface area contributed by atoms with Crippen LogP contribution in [0.15, 0.2) is 41.0 Å². The van der Waals surface area contributed by atoms with Crippen molar-refractivity contribution in [3.05, 3.63) is 46.4 Å². The molecule has 0 spiro atoms. The van der Waals surface area contributed by atoms with Crippen LogP contribution in [0.5, 0.6) is 0 Å². The molecular formula is C18H15ClN6O2S2. The number of thiazole rings is 1. The highest BCUT2D eigenvalue weighted by Gasteiger charge is 2.19. The molecule has 3 aromatic heterocycles. The number of ether oxygens (including phenoxy) is 1. The van der Waals surface area contributed by atoms with E-state index in [1.54, 1.807) is 11.4 Å². The molecule has 1 aromatic carbocycles. The predicted molar refractivity (Wildman–Crippen MR) is 114 cm³/mol. The van der Waals surface area contributed by atoms with Crippen molar-refractivity contribution in [3.8, 4) is 11.3 Å². The number of esters is 1. The van der Waals surface area contributed by atoms with Gasteiger partial charge >= 0.3 is 5.97 Å². The lowest BCUT2D eigenvalue weighted by atomic mass is 10.2. The summed E-state index contributed by atoms with van der Waals surface area (Å²) in [5.74, 6) is 0.114. The minimum atomic E-state index is -0.509. The lowest BCUT2D eigenvalue weighted by molar-refractivity contribution is 0.0526. The molecule has 11 heteroatoms. The third-order valence-corrected chi connectivity index (χ3v) is 5.53. The van der Waals surface area contributed by atoms with Gasteiger partial charge in [0.25, 0.3) is 0 Å². The molecule has 0 aliphatic heterocycles. The first-order valence-electron chi connectivity index (χ1n) is 8.54. The molecule has 4 aromatic rings. The summed E-state index contributed by atoms with van der Waals surface area (Å²) in [6, 6.07) is 7.50.